The van der Waals surface area contributed by atoms with Crippen LogP contribution >= 0.6 is 0 Å². The van der Waals surface area contributed by atoms with Crippen molar-refractivity contribution in [2.45, 2.75) is 25.2 Å². The zero-order valence-electron chi connectivity index (χ0n) is 16.7. The van der Waals surface area contributed by atoms with Crippen molar-refractivity contribution < 1.29 is 13.2 Å². The van der Waals surface area contributed by atoms with Crippen molar-refractivity contribution in [1.82, 2.24) is 0 Å². The highest BCUT2D eigenvalue weighted by molar-refractivity contribution is 7.92. The van der Waals surface area contributed by atoms with Crippen molar-refractivity contribution in [1.29, 1.82) is 0 Å². The third-order valence-corrected chi connectivity index (χ3v) is 6.61. The molecule has 1 amide bonds. The van der Waals surface area contributed by atoms with Gasteiger partial charge in [-0.2, -0.15) is 0 Å². The maximum absolute atomic E-state index is 12.8. The number of nitrogens with zero attached hydrogens (tertiary/aromatic N) is 1. The average molecular weight is 409 g/mol. The lowest BCUT2D eigenvalue weighted by Gasteiger charge is -2.22. The van der Waals surface area contributed by atoms with Crippen molar-refractivity contribution in [3.63, 3.8) is 0 Å². The molecule has 0 aliphatic carbocycles. The minimum atomic E-state index is -3.67. The summed E-state index contributed by atoms with van der Waals surface area (Å²) >= 11 is 0. The molecule has 0 spiro atoms. The number of rotatable bonds is 6. The molecule has 0 saturated heterocycles. The van der Waals surface area contributed by atoms with Crippen molar-refractivity contribution >= 4 is 27.3 Å². The molecule has 29 heavy (non-hydrogen) atoms. The van der Waals surface area contributed by atoms with Crippen LogP contribution in [0.4, 0.5) is 11.4 Å². The first kappa shape index (κ1) is 20.6. The van der Waals surface area contributed by atoms with Gasteiger partial charge in [-0.05, 0) is 66.9 Å². The molecule has 0 atom stereocenters. The first-order chi connectivity index (χ1) is 13.8. The zero-order chi connectivity index (χ0) is 21.0. The number of hydrogen-bond acceptors (Lipinski definition) is 3. The second-order valence-electron chi connectivity index (χ2n) is 6.79. The molecule has 3 rings (SSSR count). The molecule has 6 heteroatoms. The summed E-state index contributed by atoms with van der Waals surface area (Å²) in [4.78, 5) is 12.8. The summed E-state index contributed by atoms with van der Waals surface area (Å²) in [5.74, 6) is -0.238. The van der Waals surface area contributed by atoms with Gasteiger partial charge < -0.3 is 5.32 Å². The molecule has 5 nitrogen and oxygen atoms in total. The van der Waals surface area contributed by atoms with E-state index in [0.717, 1.165) is 12.1 Å². The molecular formula is C23H24N2O3S. The molecule has 1 N–H and O–H groups in total. The Morgan fingerprint density at radius 1 is 0.966 bits per heavy atom. The number of carbonyl (C=O) groups is 1. The van der Waals surface area contributed by atoms with E-state index in [1.54, 1.807) is 55.5 Å². The van der Waals surface area contributed by atoms with Gasteiger partial charge in [0.1, 0.15) is 0 Å². The van der Waals surface area contributed by atoms with E-state index >= 15 is 0 Å². The van der Waals surface area contributed by atoms with E-state index in [-0.39, 0.29) is 10.8 Å². The Kier molecular flexibility index (Phi) is 6.03. The van der Waals surface area contributed by atoms with Gasteiger partial charge in [-0.3, -0.25) is 9.10 Å². The van der Waals surface area contributed by atoms with Gasteiger partial charge in [0.05, 0.1) is 10.6 Å². The molecule has 0 radical (unpaired) electrons. The van der Waals surface area contributed by atoms with Crippen molar-refractivity contribution in [2.24, 2.45) is 0 Å². The van der Waals surface area contributed by atoms with E-state index in [1.165, 1.54) is 16.9 Å². The molecule has 0 unspecified atom stereocenters. The van der Waals surface area contributed by atoms with Gasteiger partial charge in [-0.25, -0.2) is 8.42 Å². The molecule has 3 aromatic carbocycles. The van der Waals surface area contributed by atoms with Crippen molar-refractivity contribution in [2.75, 3.05) is 16.7 Å². The summed E-state index contributed by atoms with van der Waals surface area (Å²) in [5, 5.41) is 2.87. The molecule has 0 aliphatic rings. The van der Waals surface area contributed by atoms with Crippen LogP contribution in [0.5, 0.6) is 0 Å². The maximum atomic E-state index is 12.8. The summed E-state index contributed by atoms with van der Waals surface area (Å²) in [6.07, 6.45) is 0.939. The van der Waals surface area contributed by atoms with E-state index in [9.17, 15) is 13.2 Å². The van der Waals surface area contributed by atoms with Crippen LogP contribution in [0.15, 0.2) is 77.7 Å². The Labute approximate surface area is 172 Å². The molecule has 0 fully saturated rings. The smallest absolute Gasteiger partial charge is 0.264 e. The number of carbonyl (C=O) groups excluding carboxylic acids is 1. The topological polar surface area (TPSA) is 66.5 Å². The standard InChI is InChI=1S/C23H24N2O3S/c1-4-18-10-13-20(14-11-18)24-23(26)19-12-15-22(17(2)16-19)25(3)29(27,28)21-8-6-5-7-9-21/h5-16H,4H2,1-3H3,(H,24,26). The van der Waals surface area contributed by atoms with Gasteiger partial charge in [-0.1, -0.05) is 37.3 Å². The van der Waals surface area contributed by atoms with Gasteiger partial charge in [-0.15, -0.1) is 0 Å². The number of sulfonamides is 1. The highest BCUT2D eigenvalue weighted by Gasteiger charge is 2.22. The van der Waals surface area contributed by atoms with Crippen LogP contribution in [0.3, 0.4) is 0 Å². The second kappa shape index (κ2) is 8.49. The first-order valence-electron chi connectivity index (χ1n) is 9.38. The SMILES string of the molecule is CCc1ccc(NC(=O)c2ccc(N(C)S(=O)(=O)c3ccccc3)c(C)c2)cc1. The van der Waals surface area contributed by atoms with E-state index < -0.39 is 10.0 Å². The lowest BCUT2D eigenvalue weighted by molar-refractivity contribution is 0.102. The van der Waals surface area contributed by atoms with Crippen LogP contribution < -0.4 is 9.62 Å². The summed E-state index contributed by atoms with van der Waals surface area (Å²) in [6, 6.07) is 21.0. The maximum Gasteiger partial charge on any atom is 0.264 e. The van der Waals surface area contributed by atoms with Crippen LogP contribution in [-0.4, -0.2) is 21.4 Å². The fraction of sp³-hybridized carbons (Fsp3) is 0.174. The minimum Gasteiger partial charge on any atom is -0.322 e. The highest BCUT2D eigenvalue weighted by atomic mass is 32.2. The van der Waals surface area contributed by atoms with Crippen LogP contribution in [0.2, 0.25) is 0 Å². The van der Waals surface area contributed by atoms with Gasteiger partial charge in [0.25, 0.3) is 15.9 Å². The summed E-state index contributed by atoms with van der Waals surface area (Å²) in [5.41, 5.74) is 3.61. The predicted octanol–water partition coefficient (Wildman–Crippen LogP) is 4.63. The number of hydrogen-bond donors (Lipinski definition) is 1. The van der Waals surface area contributed by atoms with Crippen molar-refractivity contribution in [3.05, 3.63) is 89.5 Å². The Morgan fingerprint density at radius 3 is 2.21 bits per heavy atom. The first-order valence-corrected chi connectivity index (χ1v) is 10.8. The monoisotopic (exact) mass is 408 g/mol. The average Bonchev–Trinajstić information content (AvgIpc) is 2.74. The van der Waals surface area contributed by atoms with Crippen LogP contribution in [0, 0.1) is 6.92 Å². The minimum absolute atomic E-state index is 0.222. The van der Waals surface area contributed by atoms with Crippen LogP contribution in [0.1, 0.15) is 28.4 Å². The summed E-state index contributed by atoms with van der Waals surface area (Å²) in [7, 11) is -2.16. The quantitative estimate of drug-likeness (QED) is 0.646. The number of anilines is 2. The van der Waals surface area contributed by atoms with Crippen LogP contribution in [0.25, 0.3) is 0 Å². The van der Waals surface area contributed by atoms with E-state index in [4.69, 9.17) is 0 Å². The van der Waals surface area contributed by atoms with Crippen molar-refractivity contribution in [3.8, 4) is 0 Å². The Morgan fingerprint density at radius 2 is 1.62 bits per heavy atom. The van der Waals surface area contributed by atoms with Gasteiger partial charge in [0.15, 0.2) is 0 Å². The largest absolute Gasteiger partial charge is 0.322 e. The Hall–Kier alpha value is -3.12. The second-order valence-corrected chi connectivity index (χ2v) is 8.76. The number of amides is 1. The number of aryl methyl sites for hydroxylation is 2. The van der Waals surface area contributed by atoms with E-state index in [1.807, 2.05) is 24.3 Å². The van der Waals surface area contributed by atoms with Gasteiger partial charge in [0, 0.05) is 18.3 Å². The summed E-state index contributed by atoms with van der Waals surface area (Å²) < 4.78 is 26.9. The molecule has 0 aromatic heterocycles. The molecule has 150 valence electrons. The number of benzene rings is 3. The molecule has 0 saturated carbocycles. The molecule has 0 heterocycles. The molecule has 0 aliphatic heterocycles. The van der Waals surface area contributed by atoms with Gasteiger partial charge >= 0.3 is 0 Å². The fourth-order valence-electron chi connectivity index (χ4n) is 3.06. The lowest BCUT2D eigenvalue weighted by Crippen LogP contribution is -2.27. The molecular weight excluding hydrogens is 384 g/mol. The fourth-order valence-corrected chi connectivity index (χ4v) is 4.34. The Bertz CT molecular complexity index is 1110. The predicted molar refractivity (Wildman–Crippen MR) is 117 cm³/mol. The Balaban J connectivity index is 1.81. The highest BCUT2D eigenvalue weighted by Crippen LogP contribution is 2.26. The third-order valence-electron chi connectivity index (χ3n) is 4.82. The molecule has 0 bridgehead atoms. The normalized spacial score (nSPS) is 11.1. The lowest BCUT2D eigenvalue weighted by atomic mass is 10.1. The summed E-state index contributed by atoms with van der Waals surface area (Å²) in [6.45, 7) is 3.87. The molecule has 3 aromatic rings. The van der Waals surface area contributed by atoms with Gasteiger partial charge in [0.2, 0.25) is 0 Å². The van der Waals surface area contributed by atoms with E-state index in [0.29, 0.717) is 16.8 Å². The zero-order valence-corrected chi connectivity index (χ0v) is 17.5. The number of nitrogens with one attached hydrogen (secondary N) is 1. The van der Waals surface area contributed by atoms with Crippen LogP contribution in [-0.2, 0) is 16.4 Å². The third kappa shape index (κ3) is 4.49. The van der Waals surface area contributed by atoms with E-state index in [2.05, 4.69) is 12.2 Å².